The molecule has 2 rings (SSSR count). The molecule has 0 aromatic heterocycles. The molecule has 1 atom stereocenters. The molecule has 2 aliphatic carbocycles. The Bertz CT molecular complexity index is 282. The fraction of sp³-hybridized carbons (Fsp3) is 0.917. The Hall–Kier alpha value is -0.610. The number of hydrogen-bond acceptors (Lipinski definition) is 3. The minimum Gasteiger partial charge on any atom is -0.480 e. The van der Waals surface area contributed by atoms with Crippen molar-refractivity contribution in [3.63, 3.8) is 0 Å². The molecule has 3 N–H and O–H groups in total. The lowest BCUT2D eigenvalue weighted by atomic mass is 9.88. The first kappa shape index (κ1) is 11.9. The fourth-order valence-electron chi connectivity index (χ4n) is 2.92. The zero-order valence-corrected chi connectivity index (χ0v) is 9.83. The minimum atomic E-state index is -0.854. The molecule has 16 heavy (non-hydrogen) atoms. The van der Waals surface area contributed by atoms with Crippen molar-refractivity contribution in [3.05, 3.63) is 0 Å². The third kappa shape index (κ3) is 1.96. The zero-order valence-electron chi connectivity index (χ0n) is 9.83. The highest BCUT2D eigenvalue weighted by Crippen LogP contribution is 2.42. The van der Waals surface area contributed by atoms with Gasteiger partial charge in [0.15, 0.2) is 0 Å². The van der Waals surface area contributed by atoms with Gasteiger partial charge in [-0.05, 0) is 38.5 Å². The molecule has 0 amide bonds. The summed E-state index contributed by atoms with van der Waals surface area (Å²) in [7, 11) is 0. The molecule has 4 heteroatoms. The second kappa shape index (κ2) is 4.00. The summed E-state index contributed by atoms with van der Waals surface area (Å²) >= 11 is 0. The van der Waals surface area contributed by atoms with Crippen LogP contribution in [0.1, 0.15) is 45.4 Å². The van der Waals surface area contributed by atoms with Crippen molar-refractivity contribution in [3.8, 4) is 0 Å². The molecule has 0 radical (unpaired) electrons. The van der Waals surface area contributed by atoms with Crippen molar-refractivity contribution in [2.45, 2.75) is 56.5 Å². The molecule has 1 unspecified atom stereocenters. The van der Waals surface area contributed by atoms with Gasteiger partial charge in [0.05, 0.1) is 6.61 Å². The van der Waals surface area contributed by atoms with Gasteiger partial charge in [-0.25, -0.2) is 0 Å². The molecular formula is C12H21NO3. The molecule has 2 fully saturated rings. The summed E-state index contributed by atoms with van der Waals surface area (Å²) < 4.78 is 0. The summed E-state index contributed by atoms with van der Waals surface area (Å²) in [5, 5.41) is 22.1. The van der Waals surface area contributed by atoms with Crippen LogP contribution in [0.3, 0.4) is 0 Å². The van der Waals surface area contributed by atoms with Gasteiger partial charge in [0.2, 0.25) is 0 Å². The summed E-state index contributed by atoms with van der Waals surface area (Å²) in [6.45, 7) is 1.81. The fourth-order valence-corrected chi connectivity index (χ4v) is 2.92. The maximum absolute atomic E-state index is 11.4. The highest BCUT2D eigenvalue weighted by atomic mass is 16.4. The number of aliphatic hydroxyl groups is 1. The summed E-state index contributed by atoms with van der Waals surface area (Å²) in [6.07, 6.45) is 5.90. The molecule has 0 heterocycles. The second-order valence-electron chi connectivity index (χ2n) is 5.55. The average molecular weight is 227 g/mol. The molecule has 2 saturated carbocycles. The Labute approximate surface area is 96.0 Å². The summed E-state index contributed by atoms with van der Waals surface area (Å²) in [5.74, 6) is -0.552. The highest BCUT2D eigenvalue weighted by molar-refractivity contribution is 5.79. The predicted octanol–water partition coefficient (Wildman–Crippen LogP) is 1.13. The molecule has 92 valence electrons. The van der Waals surface area contributed by atoms with Gasteiger partial charge in [-0.1, -0.05) is 12.8 Å². The van der Waals surface area contributed by atoms with Gasteiger partial charge in [0.25, 0.3) is 0 Å². The third-order valence-corrected chi connectivity index (χ3v) is 4.23. The Morgan fingerprint density at radius 1 is 1.44 bits per heavy atom. The van der Waals surface area contributed by atoms with Crippen LogP contribution in [-0.2, 0) is 4.79 Å². The number of aliphatic hydroxyl groups excluding tert-OH is 1. The normalized spacial score (nSPS) is 27.6. The molecule has 4 nitrogen and oxygen atoms in total. The Kier molecular flexibility index (Phi) is 2.97. The molecule has 0 saturated heterocycles. The van der Waals surface area contributed by atoms with E-state index in [0.717, 1.165) is 38.5 Å². The van der Waals surface area contributed by atoms with E-state index in [1.54, 1.807) is 6.92 Å². The van der Waals surface area contributed by atoms with E-state index in [9.17, 15) is 15.0 Å². The van der Waals surface area contributed by atoms with Gasteiger partial charge < -0.3 is 10.2 Å². The van der Waals surface area contributed by atoms with E-state index in [0.29, 0.717) is 0 Å². The van der Waals surface area contributed by atoms with Crippen LogP contribution in [-0.4, -0.2) is 33.9 Å². The first-order chi connectivity index (χ1) is 7.52. The Morgan fingerprint density at radius 3 is 2.38 bits per heavy atom. The van der Waals surface area contributed by atoms with Crippen LogP contribution in [0.15, 0.2) is 0 Å². The molecule has 0 aromatic rings. The second-order valence-corrected chi connectivity index (χ2v) is 5.55. The van der Waals surface area contributed by atoms with Crippen LogP contribution in [0, 0.1) is 5.92 Å². The lowest BCUT2D eigenvalue weighted by Gasteiger charge is -2.38. The van der Waals surface area contributed by atoms with Crippen molar-refractivity contribution in [1.29, 1.82) is 0 Å². The number of hydrogen-bond donors (Lipinski definition) is 3. The Balaban J connectivity index is 2.13. The monoisotopic (exact) mass is 227 g/mol. The summed E-state index contributed by atoms with van der Waals surface area (Å²) in [6, 6.07) is 0. The van der Waals surface area contributed by atoms with Crippen LogP contribution in [0.2, 0.25) is 0 Å². The van der Waals surface area contributed by atoms with Crippen molar-refractivity contribution < 1.29 is 15.0 Å². The van der Waals surface area contributed by atoms with E-state index >= 15 is 0 Å². The van der Waals surface area contributed by atoms with Gasteiger partial charge >= 0.3 is 5.97 Å². The maximum atomic E-state index is 11.4. The van der Waals surface area contributed by atoms with Crippen molar-refractivity contribution >= 4 is 5.97 Å². The van der Waals surface area contributed by atoms with Gasteiger partial charge in [-0.2, -0.15) is 0 Å². The van der Waals surface area contributed by atoms with Crippen molar-refractivity contribution in [2.75, 3.05) is 6.61 Å². The molecule has 0 aliphatic heterocycles. The summed E-state index contributed by atoms with van der Waals surface area (Å²) in [5.41, 5.74) is -1.21. The van der Waals surface area contributed by atoms with Crippen molar-refractivity contribution in [2.24, 2.45) is 5.92 Å². The van der Waals surface area contributed by atoms with E-state index in [2.05, 4.69) is 5.32 Å². The number of rotatable bonds is 5. The van der Waals surface area contributed by atoms with Crippen LogP contribution >= 0.6 is 0 Å². The molecule has 2 aliphatic rings. The number of carbonyl (C=O) groups is 1. The maximum Gasteiger partial charge on any atom is 0.323 e. The SMILES string of the molecule is CC(NC1(CO)CCCC1)(C(=O)O)C1CC1. The molecule has 0 spiro atoms. The van der Waals surface area contributed by atoms with Crippen LogP contribution in [0.25, 0.3) is 0 Å². The highest BCUT2D eigenvalue weighted by Gasteiger charge is 2.51. The van der Waals surface area contributed by atoms with Crippen LogP contribution in [0.4, 0.5) is 0 Å². The number of carboxylic acids is 1. The van der Waals surface area contributed by atoms with E-state index in [1.807, 2.05) is 0 Å². The lowest BCUT2D eigenvalue weighted by Crippen LogP contribution is -2.62. The number of carboxylic acid groups (broad SMARTS) is 1. The lowest BCUT2D eigenvalue weighted by molar-refractivity contribution is -0.146. The smallest absolute Gasteiger partial charge is 0.323 e. The van der Waals surface area contributed by atoms with E-state index in [-0.39, 0.29) is 18.1 Å². The van der Waals surface area contributed by atoms with E-state index < -0.39 is 11.5 Å². The van der Waals surface area contributed by atoms with Gasteiger partial charge in [-0.15, -0.1) is 0 Å². The summed E-state index contributed by atoms with van der Waals surface area (Å²) in [4.78, 5) is 11.4. The first-order valence-electron chi connectivity index (χ1n) is 6.16. The van der Waals surface area contributed by atoms with E-state index in [1.165, 1.54) is 0 Å². The van der Waals surface area contributed by atoms with Crippen LogP contribution in [0.5, 0.6) is 0 Å². The molecule has 0 aromatic carbocycles. The average Bonchev–Trinajstić information content (AvgIpc) is 3.01. The standard InChI is InChI=1S/C12H21NO3/c1-11(10(15)16,9-4-5-9)13-12(8-14)6-2-3-7-12/h9,13-14H,2-8H2,1H3,(H,15,16). The first-order valence-corrected chi connectivity index (χ1v) is 6.16. The largest absolute Gasteiger partial charge is 0.480 e. The van der Waals surface area contributed by atoms with Gasteiger partial charge in [-0.3, -0.25) is 10.1 Å². The molecular weight excluding hydrogens is 206 g/mol. The van der Waals surface area contributed by atoms with Gasteiger partial charge in [0.1, 0.15) is 5.54 Å². The number of aliphatic carboxylic acids is 1. The minimum absolute atomic E-state index is 0.0442. The number of nitrogens with one attached hydrogen (secondary N) is 1. The topological polar surface area (TPSA) is 69.6 Å². The quantitative estimate of drug-likeness (QED) is 0.658. The van der Waals surface area contributed by atoms with E-state index in [4.69, 9.17) is 0 Å². The Morgan fingerprint density at radius 2 is 2.00 bits per heavy atom. The molecule has 0 bridgehead atoms. The van der Waals surface area contributed by atoms with Crippen LogP contribution < -0.4 is 5.32 Å². The zero-order chi connectivity index (χ0) is 11.8. The third-order valence-electron chi connectivity index (χ3n) is 4.23. The van der Waals surface area contributed by atoms with Crippen molar-refractivity contribution in [1.82, 2.24) is 5.32 Å². The van der Waals surface area contributed by atoms with Gasteiger partial charge in [0, 0.05) is 5.54 Å². The predicted molar refractivity (Wildman–Crippen MR) is 60.2 cm³/mol.